The minimum Gasteiger partial charge on any atom is -0.452 e. The van der Waals surface area contributed by atoms with Gasteiger partial charge >= 0.3 is 5.97 Å². The van der Waals surface area contributed by atoms with E-state index in [4.69, 9.17) is 14.1 Å². The smallest absolute Gasteiger partial charge is 0.339 e. The van der Waals surface area contributed by atoms with E-state index in [0.717, 1.165) is 33.3 Å². The maximum atomic E-state index is 13.2. The average Bonchev–Trinajstić information content (AvgIpc) is 3.32. The van der Waals surface area contributed by atoms with E-state index in [2.05, 4.69) is 10.2 Å². The van der Waals surface area contributed by atoms with Gasteiger partial charge in [-0.3, -0.25) is 0 Å². The highest BCUT2D eigenvalue weighted by molar-refractivity contribution is 6.06. The number of para-hydroxylation sites is 1. The van der Waals surface area contributed by atoms with E-state index in [1.165, 1.54) is 0 Å². The van der Waals surface area contributed by atoms with Crippen molar-refractivity contribution in [1.82, 2.24) is 15.2 Å². The molecule has 0 unspecified atom stereocenters. The van der Waals surface area contributed by atoms with Crippen LogP contribution in [0.1, 0.15) is 21.8 Å². The van der Waals surface area contributed by atoms with Gasteiger partial charge in [0, 0.05) is 16.5 Å². The standard InChI is InChI=1S/C26H19N3O3/c1-17-23(20-14-8-9-15-21(20)27-24(17)18-10-4-2-5-11-18)26(30)31-16-22-28-29-25(32-22)19-12-6-3-7-13-19/h2-15H,16H2,1H3. The van der Waals surface area contributed by atoms with Gasteiger partial charge in [0.1, 0.15) is 0 Å². The van der Waals surface area contributed by atoms with Crippen molar-refractivity contribution in [3.8, 4) is 22.7 Å². The Bertz CT molecular complexity index is 1400. The molecule has 0 atom stereocenters. The number of aromatic nitrogens is 3. The first-order valence-electron chi connectivity index (χ1n) is 10.2. The second-order valence-electron chi connectivity index (χ2n) is 7.29. The Morgan fingerprint density at radius 1 is 0.844 bits per heavy atom. The molecule has 2 heterocycles. The van der Waals surface area contributed by atoms with Crippen molar-refractivity contribution in [3.05, 3.63) is 102 Å². The van der Waals surface area contributed by atoms with Crippen LogP contribution < -0.4 is 0 Å². The fraction of sp³-hybridized carbons (Fsp3) is 0.0769. The molecular weight excluding hydrogens is 402 g/mol. The molecule has 2 aromatic heterocycles. The van der Waals surface area contributed by atoms with Crippen LogP contribution in [0.25, 0.3) is 33.6 Å². The highest BCUT2D eigenvalue weighted by Crippen LogP contribution is 2.30. The van der Waals surface area contributed by atoms with Crippen LogP contribution in [0.3, 0.4) is 0 Å². The second-order valence-corrected chi connectivity index (χ2v) is 7.29. The second kappa shape index (κ2) is 8.43. The molecule has 156 valence electrons. The van der Waals surface area contributed by atoms with Crippen LogP contribution in [0, 0.1) is 6.92 Å². The van der Waals surface area contributed by atoms with Crippen LogP contribution in [-0.2, 0) is 11.3 Å². The van der Waals surface area contributed by atoms with Crippen molar-refractivity contribution >= 4 is 16.9 Å². The van der Waals surface area contributed by atoms with E-state index in [-0.39, 0.29) is 12.5 Å². The number of carbonyl (C=O) groups excluding carboxylic acids is 1. The first kappa shape index (κ1) is 19.6. The van der Waals surface area contributed by atoms with Crippen LogP contribution in [-0.4, -0.2) is 21.2 Å². The van der Waals surface area contributed by atoms with E-state index in [1.54, 1.807) is 0 Å². The zero-order valence-corrected chi connectivity index (χ0v) is 17.4. The lowest BCUT2D eigenvalue weighted by Gasteiger charge is -2.13. The molecule has 5 rings (SSSR count). The van der Waals surface area contributed by atoms with Crippen LogP contribution in [0.15, 0.2) is 89.3 Å². The Morgan fingerprint density at radius 3 is 2.25 bits per heavy atom. The van der Waals surface area contributed by atoms with Crippen molar-refractivity contribution in [2.75, 3.05) is 0 Å². The molecule has 0 spiro atoms. The van der Waals surface area contributed by atoms with Gasteiger partial charge in [-0.15, -0.1) is 10.2 Å². The minimum atomic E-state index is -0.460. The molecule has 0 aliphatic carbocycles. The summed E-state index contributed by atoms with van der Waals surface area (Å²) < 4.78 is 11.2. The lowest BCUT2D eigenvalue weighted by Crippen LogP contribution is -2.10. The van der Waals surface area contributed by atoms with Crippen LogP contribution in [0.5, 0.6) is 0 Å². The largest absolute Gasteiger partial charge is 0.452 e. The van der Waals surface area contributed by atoms with E-state index in [9.17, 15) is 4.79 Å². The number of hydrogen-bond donors (Lipinski definition) is 0. The van der Waals surface area contributed by atoms with E-state index in [0.29, 0.717) is 11.5 Å². The Kier molecular flexibility index (Phi) is 5.17. The van der Waals surface area contributed by atoms with Crippen molar-refractivity contribution < 1.29 is 13.9 Å². The molecule has 3 aromatic carbocycles. The first-order valence-corrected chi connectivity index (χ1v) is 10.2. The molecule has 0 amide bonds. The summed E-state index contributed by atoms with van der Waals surface area (Å²) in [5.41, 5.74) is 4.47. The van der Waals surface area contributed by atoms with E-state index in [1.807, 2.05) is 91.9 Å². The van der Waals surface area contributed by atoms with Crippen LogP contribution >= 0.6 is 0 Å². The molecular formula is C26H19N3O3. The maximum absolute atomic E-state index is 13.2. The fourth-order valence-electron chi connectivity index (χ4n) is 3.66. The molecule has 0 N–H and O–H groups in total. The summed E-state index contributed by atoms with van der Waals surface area (Å²) in [5, 5.41) is 8.78. The Morgan fingerprint density at radius 2 is 1.50 bits per heavy atom. The summed E-state index contributed by atoms with van der Waals surface area (Å²) in [6.07, 6.45) is 0. The van der Waals surface area contributed by atoms with Gasteiger partial charge < -0.3 is 9.15 Å². The molecule has 0 bridgehead atoms. The van der Waals surface area contributed by atoms with Gasteiger partial charge in [-0.25, -0.2) is 9.78 Å². The summed E-state index contributed by atoms with van der Waals surface area (Å²) in [5.74, 6) is 0.155. The average molecular weight is 421 g/mol. The number of benzene rings is 3. The predicted octanol–water partition coefficient (Wildman–Crippen LogP) is 5.62. The fourth-order valence-corrected chi connectivity index (χ4v) is 3.66. The third-order valence-corrected chi connectivity index (χ3v) is 5.20. The molecule has 0 fully saturated rings. The van der Waals surface area contributed by atoms with Gasteiger partial charge in [0.2, 0.25) is 5.89 Å². The molecule has 6 nitrogen and oxygen atoms in total. The normalized spacial score (nSPS) is 10.9. The SMILES string of the molecule is Cc1c(-c2ccccc2)nc2ccccc2c1C(=O)OCc1nnc(-c2ccccc2)o1. The lowest BCUT2D eigenvalue weighted by atomic mass is 9.98. The van der Waals surface area contributed by atoms with Crippen molar-refractivity contribution in [2.45, 2.75) is 13.5 Å². The summed E-state index contributed by atoms with van der Waals surface area (Å²) in [4.78, 5) is 18.0. The van der Waals surface area contributed by atoms with Crippen LogP contribution in [0.4, 0.5) is 0 Å². The lowest BCUT2D eigenvalue weighted by molar-refractivity contribution is 0.0440. The van der Waals surface area contributed by atoms with Gasteiger partial charge in [0.15, 0.2) is 6.61 Å². The molecule has 0 saturated carbocycles. The van der Waals surface area contributed by atoms with Crippen molar-refractivity contribution in [3.63, 3.8) is 0 Å². The van der Waals surface area contributed by atoms with Gasteiger partial charge in [0.25, 0.3) is 5.89 Å². The van der Waals surface area contributed by atoms with Gasteiger partial charge in [0.05, 0.1) is 16.8 Å². The number of rotatable bonds is 5. The third kappa shape index (κ3) is 3.74. The zero-order chi connectivity index (χ0) is 21.9. The number of fused-ring (bicyclic) bond motifs is 1. The molecule has 5 aromatic rings. The zero-order valence-electron chi connectivity index (χ0n) is 17.4. The third-order valence-electron chi connectivity index (χ3n) is 5.20. The maximum Gasteiger partial charge on any atom is 0.339 e. The first-order chi connectivity index (χ1) is 15.7. The number of ether oxygens (including phenoxy) is 1. The molecule has 0 saturated heterocycles. The van der Waals surface area contributed by atoms with Gasteiger partial charge in [-0.1, -0.05) is 66.7 Å². The van der Waals surface area contributed by atoms with E-state index < -0.39 is 5.97 Å². The molecule has 0 radical (unpaired) electrons. The Hall–Kier alpha value is -4.32. The Labute approximate surface area is 184 Å². The molecule has 0 aliphatic rings. The van der Waals surface area contributed by atoms with Crippen LogP contribution in [0.2, 0.25) is 0 Å². The summed E-state index contributed by atoms with van der Waals surface area (Å²) >= 11 is 0. The van der Waals surface area contributed by atoms with Crippen molar-refractivity contribution in [2.24, 2.45) is 0 Å². The monoisotopic (exact) mass is 421 g/mol. The summed E-state index contributed by atoms with van der Waals surface area (Å²) in [7, 11) is 0. The number of esters is 1. The van der Waals surface area contributed by atoms with Crippen molar-refractivity contribution in [1.29, 1.82) is 0 Å². The number of pyridine rings is 1. The highest BCUT2D eigenvalue weighted by Gasteiger charge is 2.21. The molecule has 6 heteroatoms. The minimum absolute atomic E-state index is 0.116. The summed E-state index contributed by atoms with van der Waals surface area (Å²) in [6, 6.07) is 26.8. The predicted molar refractivity (Wildman–Crippen MR) is 121 cm³/mol. The van der Waals surface area contributed by atoms with E-state index >= 15 is 0 Å². The quantitative estimate of drug-likeness (QED) is 0.343. The van der Waals surface area contributed by atoms with Gasteiger partial charge in [-0.05, 0) is 30.7 Å². The van der Waals surface area contributed by atoms with Gasteiger partial charge in [-0.2, -0.15) is 0 Å². The topological polar surface area (TPSA) is 78.1 Å². The highest BCUT2D eigenvalue weighted by atomic mass is 16.5. The number of nitrogens with zero attached hydrogens (tertiary/aromatic N) is 3. The molecule has 0 aliphatic heterocycles. The Balaban J connectivity index is 1.46. The summed E-state index contributed by atoms with van der Waals surface area (Å²) in [6.45, 7) is 1.77. The number of carbonyl (C=O) groups is 1. The number of hydrogen-bond acceptors (Lipinski definition) is 6. The molecule has 32 heavy (non-hydrogen) atoms.